The molecule has 1 amide bonds. The van der Waals surface area contributed by atoms with E-state index in [-0.39, 0.29) is 5.91 Å². The van der Waals surface area contributed by atoms with Crippen molar-refractivity contribution in [1.82, 2.24) is 10.2 Å². The van der Waals surface area contributed by atoms with Crippen molar-refractivity contribution in [2.45, 2.75) is 27.7 Å². The molecule has 0 aliphatic carbocycles. The first-order chi connectivity index (χ1) is 12.4. The molecule has 1 heterocycles. The van der Waals surface area contributed by atoms with Crippen LogP contribution in [0.15, 0.2) is 30.3 Å². The summed E-state index contributed by atoms with van der Waals surface area (Å²) in [5.74, 6) is 0.490. The van der Waals surface area contributed by atoms with Gasteiger partial charge in [-0.3, -0.25) is 10.1 Å². The van der Waals surface area contributed by atoms with Crippen molar-refractivity contribution in [3.8, 4) is 16.3 Å². The summed E-state index contributed by atoms with van der Waals surface area (Å²) in [5.41, 5.74) is 6.48. The number of rotatable bonds is 4. The van der Waals surface area contributed by atoms with Crippen LogP contribution < -0.4 is 10.1 Å². The Morgan fingerprint density at radius 2 is 1.62 bits per heavy atom. The number of benzene rings is 2. The molecule has 6 heteroatoms. The van der Waals surface area contributed by atoms with Gasteiger partial charge in [-0.05, 0) is 74.2 Å². The average molecular weight is 367 g/mol. The number of nitrogens with zero attached hydrogens (tertiary/aromatic N) is 2. The topological polar surface area (TPSA) is 64.1 Å². The fourth-order valence-electron chi connectivity index (χ4n) is 2.82. The first-order valence-electron chi connectivity index (χ1n) is 8.27. The summed E-state index contributed by atoms with van der Waals surface area (Å²) in [5, 5.41) is 12.6. The highest BCUT2D eigenvalue weighted by Gasteiger charge is 2.16. The standard InChI is InChI=1S/C20H21N3O2S/c1-11-10-12(2)14(4)17(13(11)3)19-22-23-20(26-19)21-18(24)15-6-8-16(25-5)9-7-15/h6-10H,1-5H3,(H,21,23,24). The van der Waals surface area contributed by atoms with Crippen molar-refractivity contribution < 1.29 is 9.53 Å². The van der Waals surface area contributed by atoms with Gasteiger partial charge < -0.3 is 4.74 Å². The van der Waals surface area contributed by atoms with Crippen molar-refractivity contribution in [1.29, 1.82) is 0 Å². The summed E-state index contributed by atoms with van der Waals surface area (Å²) in [6, 6.07) is 9.12. The second-order valence-corrected chi connectivity index (χ2v) is 7.21. The highest BCUT2D eigenvalue weighted by atomic mass is 32.1. The van der Waals surface area contributed by atoms with Gasteiger partial charge in [0.15, 0.2) is 0 Å². The summed E-state index contributed by atoms with van der Waals surface area (Å²) >= 11 is 1.38. The molecule has 26 heavy (non-hydrogen) atoms. The van der Waals surface area contributed by atoms with E-state index in [2.05, 4.69) is 49.3 Å². The van der Waals surface area contributed by atoms with Gasteiger partial charge >= 0.3 is 0 Å². The molecule has 0 bridgehead atoms. The van der Waals surface area contributed by atoms with Crippen molar-refractivity contribution in [2.75, 3.05) is 12.4 Å². The van der Waals surface area contributed by atoms with Crippen molar-refractivity contribution >= 4 is 22.4 Å². The molecule has 0 saturated heterocycles. The van der Waals surface area contributed by atoms with Gasteiger partial charge in [0, 0.05) is 11.1 Å². The Hall–Kier alpha value is -2.73. The summed E-state index contributed by atoms with van der Waals surface area (Å²) in [4.78, 5) is 12.4. The maximum Gasteiger partial charge on any atom is 0.257 e. The van der Waals surface area contributed by atoms with E-state index in [1.54, 1.807) is 31.4 Å². The fraction of sp³-hybridized carbons (Fsp3) is 0.250. The number of anilines is 1. The molecule has 2 aromatic carbocycles. The largest absolute Gasteiger partial charge is 0.497 e. The van der Waals surface area contributed by atoms with E-state index < -0.39 is 0 Å². The molecule has 0 radical (unpaired) electrons. The van der Waals surface area contributed by atoms with E-state index in [9.17, 15) is 4.79 Å². The second kappa shape index (κ2) is 7.25. The van der Waals surface area contributed by atoms with Crippen LogP contribution in [0.2, 0.25) is 0 Å². The third-order valence-electron chi connectivity index (χ3n) is 4.58. The monoisotopic (exact) mass is 367 g/mol. The maximum atomic E-state index is 12.4. The predicted molar refractivity (Wildman–Crippen MR) is 105 cm³/mol. The van der Waals surface area contributed by atoms with E-state index in [0.29, 0.717) is 16.4 Å². The molecule has 0 saturated carbocycles. The third kappa shape index (κ3) is 3.46. The molecule has 0 fully saturated rings. The molecule has 0 aliphatic heterocycles. The highest BCUT2D eigenvalue weighted by Crippen LogP contribution is 2.34. The van der Waals surface area contributed by atoms with Gasteiger partial charge in [-0.25, -0.2) is 0 Å². The minimum atomic E-state index is -0.218. The van der Waals surface area contributed by atoms with Crippen LogP contribution in [-0.4, -0.2) is 23.2 Å². The number of amides is 1. The summed E-state index contributed by atoms with van der Waals surface area (Å²) < 4.78 is 5.11. The minimum Gasteiger partial charge on any atom is -0.497 e. The van der Waals surface area contributed by atoms with Gasteiger partial charge in [-0.1, -0.05) is 17.4 Å². The molecular weight excluding hydrogens is 346 g/mol. The lowest BCUT2D eigenvalue weighted by atomic mass is 9.95. The molecule has 1 N–H and O–H groups in total. The zero-order valence-corrected chi connectivity index (χ0v) is 16.3. The maximum absolute atomic E-state index is 12.4. The number of aromatic nitrogens is 2. The lowest BCUT2D eigenvalue weighted by molar-refractivity contribution is 0.102. The van der Waals surface area contributed by atoms with Crippen LogP contribution in [0, 0.1) is 27.7 Å². The number of aryl methyl sites for hydroxylation is 2. The van der Waals surface area contributed by atoms with Gasteiger partial charge in [0.25, 0.3) is 5.91 Å². The number of nitrogens with one attached hydrogen (secondary N) is 1. The molecule has 0 unspecified atom stereocenters. The molecule has 0 spiro atoms. The minimum absolute atomic E-state index is 0.218. The zero-order valence-electron chi connectivity index (χ0n) is 15.5. The Labute approximate surface area is 157 Å². The molecular formula is C20H21N3O2S. The highest BCUT2D eigenvalue weighted by molar-refractivity contribution is 7.18. The van der Waals surface area contributed by atoms with Crippen LogP contribution in [0.3, 0.4) is 0 Å². The van der Waals surface area contributed by atoms with Crippen LogP contribution in [0.25, 0.3) is 10.6 Å². The number of carbonyl (C=O) groups is 1. The summed E-state index contributed by atoms with van der Waals surface area (Å²) in [6.45, 7) is 8.37. The molecule has 3 rings (SSSR count). The Bertz CT molecular complexity index is 936. The van der Waals surface area contributed by atoms with Crippen LogP contribution in [-0.2, 0) is 0 Å². The number of ether oxygens (including phenoxy) is 1. The summed E-state index contributed by atoms with van der Waals surface area (Å²) in [7, 11) is 1.59. The average Bonchev–Trinajstić information content (AvgIpc) is 3.08. The lowest BCUT2D eigenvalue weighted by Gasteiger charge is -2.12. The van der Waals surface area contributed by atoms with Crippen LogP contribution in [0.4, 0.5) is 5.13 Å². The molecule has 134 valence electrons. The van der Waals surface area contributed by atoms with Crippen molar-refractivity contribution in [3.05, 3.63) is 58.1 Å². The van der Waals surface area contributed by atoms with Crippen LogP contribution in [0.5, 0.6) is 5.75 Å². The Morgan fingerprint density at radius 3 is 2.19 bits per heavy atom. The third-order valence-corrected chi connectivity index (χ3v) is 5.43. The van der Waals surface area contributed by atoms with Gasteiger partial charge in [0.2, 0.25) is 5.13 Å². The molecule has 3 aromatic rings. The smallest absolute Gasteiger partial charge is 0.257 e. The normalized spacial score (nSPS) is 10.7. The number of carbonyl (C=O) groups excluding carboxylic acids is 1. The second-order valence-electron chi connectivity index (χ2n) is 6.23. The van der Waals surface area contributed by atoms with Gasteiger partial charge in [-0.2, -0.15) is 0 Å². The van der Waals surface area contributed by atoms with Gasteiger partial charge in [0.1, 0.15) is 10.8 Å². The molecule has 1 aromatic heterocycles. The number of hydrogen-bond acceptors (Lipinski definition) is 5. The van der Waals surface area contributed by atoms with Crippen molar-refractivity contribution in [2.24, 2.45) is 0 Å². The summed E-state index contributed by atoms with van der Waals surface area (Å²) in [6.07, 6.45) is 0. The first-order valence-corrected chi connectivity index (χ1v) is 9.09. The first kappa shape index (κ1) is 18.1. The Morgan fingerprint density at radius 1 is 1.00 bits per heavy atom. The van der Waals surface area contributed by atoms with Gasteiger partial charge in [-0.15, -0.1) is 10.2 Å². The zero-order chi connectivity index (χ0) is 18.8. The van der Waals surface area contributed by atoms with Crippen LogP contribution in [0.1, 0.15) is 32.6 Å². The molecule has 0 atom stereocenters. The number of hydrogen-bond donors (Lipinski definition) is 1. The predicted octanol–water partition coefficient (Wildman–Crippen LogP) is 4.70. The fourth-order valence-corrected chi connectivity index (χ4v) is 3.72. The molecule has 0 aliphatic rings. The van der Waals surface area contributed by atoms with Gasteiger partial charge in [0.05, 0.1) is 7.11 Å². The van der Waals surface area contributed by atoms with E-state index in [4.69, 9.17) is 4.74 Å². The Balaban J connectivity index is 1.85. The van der Waals surface area contributed by atoms with E-state index >= 15 is 0 Å². The van der Waals surface area contributed by atoms with E-state index in [1.807, 2.05) is 0 Å². The van der Waals surface area contributed by atoms with E-state index in [1.165, 1.54) is 33.6 Å². The quantitative estimate of drug-likeness (QED) is 0.726. The molecule has 5 nitrogen and oxygen atoms in total. The van der Waals surface area contributed by atoms with Crippen molar-refractivity contribution in [3.63, 3.8) is 0 Å². The van der Waals surface area contributed by atoms with E-state index in [0.717, 1.165) is 10.6 Å². The van der Waals surface area contributed by atoms with Crippen LogP contribution >= 0.6 is 11.3 Å². The number of methoxy groups -OCH3 is 1. The lowest BCUT2D eigenvalue weighted by Crippen LogP contribution is -2.11. The Kier molecular flexibility index (Phi) is 5.04. The SMILES string of the molecule is COc1ccc(C(=O)Nc2nnc(-c3c(C)c(C)cc(C)c3C)s2)cc1.